The fourth-order valence-electron chi connectivity index (χ4n) is 3.36. The van der Waals surface area contributed by atoms with Gasteiger partial charge in [-0.25, -0.2) is 0 Å². The second-order valence-corrected chi connectivity index (χ2v) is 6.77. The molecule has 2 rings (SSSR count). The molecule has 0 radical (unpaired) electrons. The Labute approximate surface area is 172 Å². The van der Waals surface area contributed by atoms with E-state index in [2.05, 4.69) is 10.3 Å². The first kappa shape index (κ1) is 24.5. The van der Waals surface area contributed by atoms with Crippen molar-refractivity contribution >= 4 is 29.9 Å². The molecule has 27 heavy (non-hydrogen) atoms. The third kappa shape index (κ3) is 7.44. The summed E-state index contributed by atoms with van der Waals surface area (Å²) in [6, 6.07) is -1.64. The number of guanidine groups is 1. The van der Waals surface area contributed by atoms with Gasteiger partial charge in [-0.1, -0.05) is 0 Å². The molecule has 2 fully saturated rings. The predicted molar refractivity (Wildman–Crippen MR) is 101 cm³/mol. The molecule has 0 spiro atoms. The number of nitrogens with one attached hydrogen (secondary N) is 1. The van der Waals surface area contributed by atoms with Crippen molar-refractivity contribution in [2.45, 2.75) is 37.8 Å². The van der Waals surface area contributed by atoms with Gasteiger partial charge in [-0.15, -0.1) is 24.0 Å². The summed E-state index contributed by atoms with van der Waals surface area (Å²) in [5.41, 5.74) is 0. The van der Waals surface area contributed by atoms with Gasteiger partial charge in [0.1, 0.15) is 6.04 Å². The molecule has 0 aromatic heterocycles. The SMILES string of the molecule is CN=C(NC1CCN(CC(F)(F)F)C1)N1CCN(C(C)C(F)(F)F)CC1.I. The fourth-order valence-corrected chi connectivity index (χ4v) is 3.36. The molecule has 5 nitrogen and oxygen atoms in total. The highest BCUT2D eigenvalue weighted by molar-refractivity contribution is 14.0. The Kier molecular flexibility index (Phi) is 8.92. The van der Waals surface area contributed by atoms with E-state index in [4.69, 9.17) is 0 Å². The molecule has 0 amide bonds. The molecule has 2 heterocycles. The molecule has 2 unspecified atom stereocenters. The second kappa shape index (κ2) is 9.81. The number of alkyl halides is 6. The normalized spacial score (nSPS) is 24.7. The van der Waals surface area contributed by atoms with Crippen LogP contribution in [0.4, 0.5) is 26.3 Å². The van der Waals surface area contributed by atoms with Crippen LogP contribution in [0.15, 0.2) is 4.99 Å². The standard InChI is InChI=1S/C15H25F6N5.HI/c1-11(15(19,20)21)25-5-7-26(8-6-25)13(22-2)23-12-3-4-24(9-12)10-14(16,17)18;/h11-12H,3-10H2,1-2H3,(H,22,23);1H. The molecule has 2 aliphatic heterocycles. The smallest absolute Gasteiger partial charge is 0.352 e. The second-order valence-electron chi connectivity index (χ2n) is 6.77. The fraction of sp³-hybridized carbons (Fsp3) is 0.933. The molecule has 160 valence electrons. The minimum Gasteiger partial charge on any atom is -0.352 e. The number of rotatable bonds is 3. The van der Waals surface area contributed by atoms with Crippen LogP contribution in [0.25, 0.3) is 0 Å². The third-order valence-electron chi connectivity index (χ3n) is 4.86. The van der Waals surface area contributed by atoms with Crippen LogP contribution in [0, 0.1) is 0 Å². The lowest BCUT2D eigenvalue weighted by Crippen LogP contribution is -2.57. The molecule has 0 aromatic carbocycles. The Bertz CT molecular complexity index is 490. The van der Waals surface area contributed by atoms with Gasteiger partial charge in [0.25, 0.3) is 0 Å². The predicted octanol–water partition coefficient (Wildman–Crippen LogP) is 2.38. The lowest BCUT2D eigenvalue weighted by Gasteiger charge is -2.40. The number of hydrogen-bond acceptors (Lipinski definition) is 3. The minimum atomic E-state index is -4.26. The third-order valence-corrected chi connectivity index (χ3v) is 4.86. The minimum absolute atomic E-state index is 0. The van der Waals surface area contributed by atoms with Crippen molar-refractivity contribution in [3.8, 4) is 0 Å². The molecule has 0 aromatic rings. The highest BCUT2D eigenvalue weighted by Crippen LogP contribution is 2.25. The summed E-state index contributed by atoms with van der Waals surface area (Å²) < 4.78 is 75.8. The van der Waals surface area contributed by atoms with E-state index in [-0.39, 0.29) is 49.7 Å². The van der Waals surface area contributed by atoms with E-state index in [1.54, 1.807) is 7.05 Å². The number of halogens is 7. The Morgan fingerprint density at radius 2 is 1.67 bits per heavy atom. The topological polar surface area (TPSA) is 34.1 Å². The van der Waals surface area contributed by atoms with Crippen molar-refractivity contribution in [2.24, 2.45) is 4.99 Å². The largest absolute Gasteiger partial charge is 0.403 e. The monoisotopic (exact) mass is 517 g/mol. The van der Waals surface area contributed by atoms with Gasteiger partial charge in [0, 0.05) is 52.4 Å². The summed E-state index contributed by atoms with van der Waals surface area (Å²) in [6.45, 7) is 2.12. The molecule has 12 heteroatoms. The number of hydrogen-bond donors (Lipinski definition) is 1. The highest BCUT2D eigenvalue weighted by atomic mass is 127. The molecule has 1 N–H and O–H groups in total. The van der Waals surface area contributed by atoms with Gasteiger partial charge in [-0.2, -0.15) is 26.3 Å². The average molecular weight is 517 g/mol. The molecule has 2 atom stereocenters. The Balaban J connectivity index is 0.00000364. The van der Waals surface area contributed by atoms with Crippen molar-refractivity contribution in [3.63, 3.8) is 0 Å². The van der Waals surface area contributed by atoms with Gasteiger partial charge in [0.15, 0.2) is 5.96 Å². The van der Waals surface area contributed by atoms with Crippen LogP contribution in [0.1, 0.15) is 13.3 Å². The van der Waals surface area contributed by atoms with Crippen LogP contribution >= 0.6 is 24.0 Å². The van der Waals surface area contributed by atoms with Gasteiger partial charge < -0.3 is 10.2 Å². The summed E-state index contributed by atoms with van der Waals surface area (Å²) in [4.78, 5) is 8.72. The first-order valence-electron chi connectivity index (χ1n) is 8.57. The first-order valence-corrected chi connectivity index (χ1v) is 8.57. The van der Waals surface area contributed by atoms with Crippen molar-refractivity contribution in [2.75, 3.05) is 52.9 Å². The van der Waals surface area contributed by atoms with E-state index in [0.717, 1.165) is 6.92 Å². The lowest BCUT2D eigenvalue weighted by molar-refractivity contribution is -0.181. The number of aliphatic imine (C=N–C) groups is 1. The Morgan fingerprint density at radius 3 is 2.15 bits per heavy atom. The molecule has 0 aliphatic carbocycles. The zero-order valence-electron chi connectivity index (χ0n) is 15.3. The summed E-state index contributed by atoms with van der Waals surface area (Å²) in [5.74, 6) is 0.531. The van der Waals surface area contributed by atoms with Gasteiger partial charge >= 0.3 is 12.4 Å². The van der Waals surface area contributed by atoms with Crippen molar-refractivity contribution < 1.29 is 26.3 Å². The van der Waals surface area contributed by atoms with Crippen LogP contribution in [0.5, 0.6) is 0 Å². The van der Waals surface area contributed by atoms with Crippen LogP contribution in [-0.4, -0.2) is 98.0 Å². The van der Waals surface area contributed by atoms with Crippen LogP contribution < -0.4 is 5.32 Å². The molecule has 2 aliphatic rings. The maximum Gasteiger partial charge on any atom is 0.403 e. The summed E-state index contributed by atoms with van der Waals surface area (Å²) in [7, 11) is 1.56. The zero-order valence-corrected chi connectivity index (χ0v) is 17.6. The summed E-state index contributed by atoms with van der Waals surface area (Å²) in [6.07, 6.45) is -7.91. The van der Waals surface area contributed by atoms with Crippen LogP contribution in [0.3, 0.4) is 0 Å². The first-order chi connectivity index (χ1) is 12.0. The average Bonchev–Trinajstić information content (AvgIpc) is 2.96. The van der Waals surface area contributed by atoms with Crippen molar-refractivity contribution in [3.05, 3.63) is 0 Å². The number of piperazine rings is 1. The van der Waals surface area contributed by atoms with Gasteiger partial charge in [0.2, 0.25) is 0 Å². The summed E-state index contributed by atoms with van der Waals surface area (Å²) >= 11 is 0. The van der Waals surface area contributed by atoms with Crippen LogP contribution in [-0.2, 0) is 0 Å². The van der Waals surface area contributed by atoms with Crippen molar-refractivity contribution in [1.82, 2.24) is 20.0 Å². The quantitative estimate of drug-likeness (QED) is 0.270. The molecular weight excluding hydrogens is 491 g/mol. The van der Waals surface area contributed by atoms with E-state index in [0.29, 0.717) is 32.0 Å². The maximum atomic E-state index is 12.8. The van der Waals surface area contributed by atoms with E-state index in [1.165, 1.54) is 9.80 Å². The number of likely N-dealkylation sites (tertiary alicyclic amines) is 1. The van der Waals surface area contributed by atoms with Gasteiger partial charge in [-0.05, 0) is 13.3 Å². The molecule has 0 saturated carbocycles. The Morgan fingerprint density at radius 1 is 1.07 bits per heavy atom. The Hall–Kier alpha value is -0.500. The number of nitrogens with zero attached hydrogens (tertiary/aromatic N) is 4. The summed E-state index contributed by atoms with van der Waals surface area (Å²) in [5, 5.41) is 3.15. The van der Waals surface area contributed by atoms with Gasteiger partial charge in [-0.3, -0.25) is 14.8 Å². The van der Waals surface area contributed by atoms with E-state index in [9.17, 15) is 26.3 Å². The molecular formula is C15H26F6IN5. The van der Waals surface area contributed by atoms with Crippen molar-refractivity contribution in [1.29, 1.82) is 0 Å². The van der Waals surface area contributed by atoms with Crippen LogP contribution in [0.2, 0.25) is 0 Å². The van der Waals surface area contributed by atoms with E-state index >= 15 is 0 Å². The molecule has 2 saturated heterocycles. The van der Waals surface area contributed by atoms with E-state index in [1.807, 2.05) is 4.90 Å². The maximum absolute atomic E-state index is 12.8. The van der Waals surface area contributed by atoms with E-state index < -0.39 is 24.9 Å². The lowest BCUT2D eigenvalue weighted by atomic mass is 10.2. The molecule has 0 bridgehead atoms. The highest BCUT2D eigenvalue weighted by Gasteiger charge is 2.41. The zero-order chi connectivity index (χ0) is 19.5. The van der Waals surface area contributed by atoms with Gasteiger partial charge in [0.05, 0.1) is 6.54 Å².